The number of rotatable bonds is 3. The van der Waals surface area contributed by atoms with E-state index in [0.29, 0.717) is 6.04 Å². The quantitative estimate of drug-likeness (QED) is 0.911. The van der Waals surface area contributed by atoms with Crippen LogP contribution >= 0.6 is 0 Å². The maximum atomic E-state index is 3.89. The van der Waals surface area contributed by atoms with Gasteiger partial charge in [-0.3, -0.25) is 4.90 Å². The Labute approximate surface area is 117 Å². The van der Waals surface area contributed by atoms with E-state index in [2.05, 4.69) is 37.9 Å². The van der Waals surface area contributed by atoms with Gasteiger partial charge in [0.15, 0.2) is 0 Å². The highest BCUT2D eigenvalue weighted by molar-refractivity contribution is 5.49. The van der Waals surface area contributed by atoms with Gasteiger partial charge in [-0.25, -0.2) is 4.68 Å². The molecule has 2 aliphatic rings. The van der Waals surface area contributed by atoms with Crippen LogP contribution in [0, 0.1) is 0 Å². The Morgan fingerprint density at radius 1 is 1.10 bits per heavy atom. The van der Waals surface area contributed by atoms with Crippen molar-refractivity contribution in [3.63, 3.8) is 0 Å². The summed E-state index contributed by atoms with van der Waals surface area (Å²) in [6, 6.07) is 9.62. The number of hydrogen-bond acceptors (Lipinski definition) is 5. The van der Waals surface area contributed by atoms with Gasteiger partial charge in [0, 0.05) is 24.3 Å². The average Bonchev–Trinajstić information content (AvgIpc) is 3.18. The van der Waals surface area contributed by atoms with Gasteiger partial charge in [-0.1, -0.05) is 0 Å². The van der Waals surface area contributed by atoms with Gasteiger partial charge in [-0.05, 0) is 60.5 Å². The van der Waals surface area contributed by atoms with Crippen LogP contribution in [0.5, 0.6) is 0 Å². The summed E-state index contributed by atoms with van der Waals surface area (Å²) in [6.45, 7) is 2.52. The molecule has 0 spiro atoms. The summed E-state index contributed by atoms with van der Waals surface area (Å²) >= 11 is 0. The van der Waals surface area contributed by atoms with Crippen LogP contribution in [-0.4, -0.2) is 50.3 Å². The van der Waals surface area contributed by atoms with E-state index < -0.39 is 0 Å². The van der Waals surface area contributed by atoms with Gasteiger partial charge in [-0.15, -0.1) is 5.10 Å². The minimum atomic E-state index is 0.594. The summed E-state index contributed by atoms with van der Waals surface area (Å²) in [5.74, 6) is 0. The van der Waals surface area contributed by atoms with E-state index in [1.165, 1.54) is 38.0 Å². The molecule has 2 aliphatic heterocycles. The Bertz CT molecular complexity index is 564. The fourth-order valence-corrected chi connectivity index (χ4v) is 3.45. The normalized spacial score (nSPS) is 25.8. The SMILES string of the molecule is c1cc(-n2cnnn2)ccc1NC1CCN2CCCC12. The van der Waals surface area contributed by atoms with E-state index >= 15 is 0 Å². The lowest BCUT2D eigenvalue weighted by Crippen LogP contribution is -2.33. The van der Waals surface area contributed by atoms with Crippen LogP contribution < -0.4 is 5.32 Å². The topological polar surface area (TPSA) is 58.9 Å². The molecule has 0 aliphatic carbocycles. The van der Waals surface area contributed by atoms with Crippen molar-refractivity contribution in [3.05, 3.63) is 30.6 Å². The van der Waals surface area contributed by atoms with E-state index in [1.54, 1.807) is 11.0 Å². The molecule has 2 aromatic rings. The summed E-state index contributed by atoms with van der Waals surface area (Å²) in [5.41, 5.74) is 2.16. The molecule has 4 rings (SSSR count). The zero-order valence-electron chi connectivity index (χ0n) is 11.3. The van der Waals surface area contributed by atoms with Crippen LogP contribution in [0.15, 0.2) is 30.6 Å². The molecule has 0 bridgehead atoms. The van der Waals surface area contributed by atoms with E-state index in [4.69, 9.17) is 0 Å². The molecule has 0 saturated carbocycles. The molecule has 0 radical (unpaired) electrons. The number of benzene rings is 1. The molecule has 1 N–H and O–H groups in total. The summed E-state index contributed by atoms with van der Waals surface area (Å²) in [5, 5.41) is 14.9. The minimum absolute atomic E-state index is 0.594. The monoisotopic (exact) mass is 270 g/mol. The third kappa shape index (κ3) is 2.06. The summed E-state index contributed by atoms with van der Waals surface area (Å²) < 4.78 is 1.66. The molecule has 1 aromatic heterocycles. The third-order valence-electron chi connectivity index (χ3n) is 4.44. The number of anilines is 1. The third-order valence-corrected chi connectivity index (χ3v) is 4.44. The zero-order chi connectivity index (χ0) is 13.4. The molecule has 6 nitrogen and oxygen atoms in total. The van der Waals surface area contributed by atoms with Gasteiger partial charge >= 0.3 is 0 Å². The van der Waals surface area contributed by atoms with Crippen LogP contribution in [0.2, 0.25) is 0 Å². The zero-order valence-corrected chi connectivity index (χ0v) is 11.3. The van der Waals surface area contributed by atoms with Gasteiger partial charge in [0.2, 0.25) is 0 Å². The Morgan fingerprint density at radius 3 is 2.80 bits per heavy atom. The predicted molar refractivity (Wildman–Crippen MR) is 75.8 cm³/mol. The second-order valence-corrected chi connectivity index (χ2v) is 5.59. The highest BCUT2D eigenvalue weighted by Crippen LogP contribution is 2.30. The van der Waals surface area contributed by atoms with Crippen molar-refractivity contribution in [2.45, 2.75) is 31.3 Å². The molecule has 3 heterocycles. The van der Waals surface area contributed by atoms with E-state index in [9.17, 15) is 0 Å². The van der Waals surface area contributed by atoms with Gasteiger partial charge in [0.25, 0.3) is 0 Å². The number of aromatic nitrogens is 4. The first-order valence-corrected chi connectivity index (χ1v) is 7.24. The molecule has 2 unspecified atom stereocenters. The van der Waals surface area contributed by atoms with E-state index in [-0.39, 0.29) is 0 Å². The van der Waals surface area contributed by atoms with Gasteiger partial charge < -0.3 is 5.32 Å². The summed E-state index contributed by atoms with van der Waals surface area (Å²) in [7, 11) is 0. The molecular weight excluding hydrogens is 252 g/mol. The maximum Gasteiger partial charge on any atom is 0.143 e. The first-order chi connectivity index (χ1) is 9.90. The number of hydrogen-bond donors (Lipinski definition) is 1. The highest BCUT2D eigenvalue weighted by Gasteiger charge is 2.36. The number of tetrazole rings is 1. The minimum Gasteiger partial charge on any atom is -0.381 e. The highest BCUT2D eigenvalue weighted by atomic mass is 15.5. The van der Waals surface area contributed by atoms with Crippen molar-refractivity contribution in [1.29, 1.82) is 0 Å². The first kappa shape index (κ1) is 11.8. The smallest absolute Gasteiger partial charge is 0.143 e. The number of nitrogens with one attached hydrogen (secondary N) is 1. The lowest BCUT2D eigenvalue weighted by atomic mass is 10.1. The standard InChI is InChI=1S/C14H18N6/c1-2-14-13(7-9-19(14)8-1)16-11-3-5-12(6-4-11)20-10-15-17-18-20/h3-6,10,13-14,16H,1-2,7-9H2. The van der Waals surface area contributed by atoms with Crippen LogP contribution in [0.3, 0.4) is 0 Å². The molecule has 2 saturated heterocycles. The van der Waals surface area contributed by atoms with Crippen molar-refractivity contribution in [3.8, 4) is 5.69 Å². The van der Waals surface area contributed by atoms with Crippen molar-refractivity contribution in [1.82, 2.24) is 25.1 Å². The van der Waals surface area contributed by atoms with Gasteiger partial charge in [0.1, 0.15) is 6.33 Å². The van der Waals surface area contributed by atoms with Crippen molar-refractivity contribution < 1.29 is 0 Å². The lowest BCUT2D eigenvalue weighted by molar-refractivity contribution is 0.318. The Morgan fingerprint density at radius 2 is 2.00 bits per heavy atom. The largest absolute Gasteiger partial charge is 0.381 e. The molecule has 2 atom stereocenters. The molecule has 2 fully saturated rings. The summed E-state index contributed by atoms with van der Waals surface area (Å²) in [4.78, 5) is 2.62. The van der Waals surface area contributed by atoms with Crippen LogP contribution in [-0.2, 0) is 0 Å². The van der Waals surface area contributed by atoms with Crippen LogP contribution in [0.4, 0.5) is 5.69 Å². The maximum absolute atomic E-state index is 3.89. The van der Waals surface area contributed by atoms with Crippen molar-refractivity contribution in [2.24, 2.45) is 0 Å². The molecule has 6 heteroatoms. The first-order valence-electron chi connectivity index (χ1n) is 7.24. The van der Waals surface area contributed by atoms with Crippen molar-refractivity contribution in [2.75, 3.05) is 18.4 Å². The molecule has 104 valence electrons. The number of fused-ring (bicyclic) bond motifs is 1. The fourth-order valence-electron chi connectivity index (χ4n) is 3.45. The second-order valence-electron chi connectivity index (χ2n) is 5.59. The Balaban J connectivity index is 1.47. The van der Waals surface area contributed by atoms with Crippen LogP contribution in [0.1, 0.15) is 19.3 Å². The Hall–Kier alpha value is -1.95. The summed E-state index contributed by atoms with van der Waals surface area (Å²) in [6.07, 6.45) is 5.54. The number of nitrogens with zero attached hydrogens (tertiary/aromatic N) is 5. The lowest BCUT2D eigenvalue weighted by Gasteiger charge is -2.22. The van der Waals surface area contributed by atoms with Crippen LogP contribution in [0.25, 0.3) is 5.69 Å². The molecule has 20 heavy (non-hydrogen) atoms. The predicted octanol–water partition coefficient (Wildman–Crippen LogP) is 1.31. The second kappa shape index (κ2) is 4.86. The molecule has 0 amide bonds. The molecular formula is C14H18N6. The van der Waals surface area contributed by atoms with Gasteiger partial charge in [-0.2, -0.15) is 0 Å². The van der Waals surface area contributed by atoms with Crippen molar-refractivity contribution >= 4 is 5.69 Å². The Kier molecular flexibility index (Phi) is 2.88. The van der Waals surface area contributed by atoms with Gasteiger partial charge in [0.05, 0.1) is 5.69 Å². The fraction of sp³-hybridized carbons (Fsp3) is 0.500. The van der Waals surface area contributed by atoms with E-state index in [1.807, 2.05) is 12.1 Å². The van der Waals surface area contributed by atoms with E-state index in [0.717, 1.165) is 11.7 Å². The molecule has 1 aromatic carbocycles. The average molecular weight is 270 g/mol.